The van der Waals surface area contributed by atoms with Crippen LogP contribution in [0.5, 0.6) is 0 Å². The van der Waals surface area contributed by atoms with Crippen molar-refractivity contribution in [2.75, 3.05) is 13.2 Å². The van der Waals surface area contributed by atoms with Crippen molar-refractivity contribution >= 4 is 5.97 Å². The Labute approximate surface area is 78.3 Å². The zero-order valence-electron chi connectivity index (χ0n) is 8.08. The quantitative estimate of drug-likeness (QED) is 0.526. The Morgan fingerprint density at radius 3 is 2.62 bits per heavy atom. The van der Waals surface area contributed by atoms with Gasteiger partial charge in [0.25, 0.3) is 0 Å². The van der Waals surface area contributed by atoms with E-state index in [1.165, 1.54) is 0 Å². The highest BCUT2D eigenvalue weighted by atomic mass is 16.4. The molecule has 4 nitrogen and oxygen atoms in total. The molecule has 0 rings (SSSR count). The van der Waals surface area contributed by atoms with E-state index in [-0.39, 0.29) is 12.6 Å². The molecule has 0 amide bonds. The molecule has 0 aromatic carbocycles. The molecular formula is C9H17NO3. The smallest absolute Gasteiger partial charge is 0.328 e. The normalized spacial score (nSPS) is 14.2. The predicted molar refractivity (Wildman–Crippen MR) is 50.6 cm³/mol. The van der Waals surface area contributed by atoms with Crippen molar-refractivity contribution < 1.29 is 15.0 Å². The maximum Gasteiger partial charge on any atom is 0.328 e. The van der Waals surface area contributed by atoms with E-state index in [1.54, 1.807) is 6.92 Å². The molecule has 0 saturated heterocycles. The van der Waals surface area contributed by atoms with Gasteiger partial charge < -0.3 is 15.5 Å². The summed E-state index contributed by atoms with van der Waals surface area (Å²) in [6.07, 6.45) is 1.99. The first-order chi connectivity index (χ1) is 6.10. The molecule has 13 heavy (non-hydrogen) atoms. The van der Waals surface area contributed by atoms with E-state index in [0.717, 1.165) is 18.1 Å². The van der Waals surface area contributed by atoms with Gasteiger partial charge in [-0.1, -0.05) is 12.5 Å². The molecule has 0 radical (unpaired) electrons. The van der Waals surface area contributed by atoms with Gasteiger partial charge in [0.15, 0.2) is 0 Å². The summed E-state index contributed by atoms with van der Waals surface area (Å²) < 4.78 is 0. The zero-order chi connectivity index (χ0) is 10.3. The van der Waals surface area contributed by atoms with Crippen LogP contribution in [0, 0.1) is 0 Å². The van der Waals surface area contributed by atoms with Gasteiger partial charge in [0.2, 0.25) is 0 Å². The summed E-state index contributed by atoms with van der Waals surface area (Å²) >= 11 is 0. The lowest BCUT2D eigenvalue weighted by atomic mass is 10.2. The summed E-state index contributed by atoms with van der Waals surface area (Å²) in [5.74, 6) is -0.934. The van der Waals surface area contributed by atoms with Crippen molar-refractivity contribution in [3.63, 3.8) is 0 Å². The molecule has 0 heterocycles. The van der Waals surface area contributed by atoms with Gasteiger partial charge in [-0.05, 0) is 13.3 Å². The molecular weight excluding hydrogens is 170 g/mol. The summed E-state index contributed by atoms with van der Waals surface area (Å²) in [5, 5.41) is 20.3. The molecule has 0 bridgehead atoms. The number of aliphatic hydroxyl groups excluding tert-OH is 1. The number of rotatable bonds is 6. The molecule has 3 N–H and O–H groups in total. The fraction of sp³-hybridized carbons (Fsp3) is 0.667. The standard InChI is InChI=1S/C9H17NO3/c1-3-8(6-11)10-5-7(2)4-9(12)13/h4,8,10-11H,3,5-6H2,1-2H3,(H,12,13). The van der Waals surface area contributed by atoms with Gasteiger partial charge >= 0.3 is 5.97 Å². The second kappa shape index (κ2) is 6.62. The highest BCUT2D eigenvalue weighted by Crippen LogP contribution is 1.93. The molecule has 0 fully saturated rings. The third kappa shape index (κ3) is 6.31. The van der Waals surface area contributed by atoms with E-state index in [4.69, 9.17) is 10.2 Å². The van der Waals surface area contributed by atoms with E-state index in [0.29, 0.717) is 6.54 Å². The Kier molecular flexibility index (Phi) is 6.18. The molecule has 1 unspecified atom stereocenters. The van der Waals surface area contributed by atoms with Crippen LogP contribution >= 0.6 is 0 Å². The van der Waals surface area contributed by atoms with Gasteiger partial charge in [0, 0.05) is 18.7 Å². The first-order valence-corrected chi connectivity index (χ1v) is 4.34. The molecule has 4 heteroatoms. The van der Waals surface area contributed by atoms with Gasteiger partial charge in [-0.2, -0.15) is 0 Å². The lowest BCUT2D eigenvalue weighted by Gasteiger charge is -2.13. The summed E-state index contributed by atoms with van der Waals surface area (Å²) in [6, 6.07) is 0.0529. The predicted octanol–water partition coefficient (Wildman–Crippen LogP) is 0.378. The zero-order valence-corrected chi connectivity index (χ0v) is 8.08. The molecule has 0 aromatic heterocycles. The van der Waals surface area contributed by atoms with Crippen LogP contribution in [-0.4, -0.2) is 35.4 Å². The average molecular weight is 187 g/mol. The third-order valence-electron chi connectivity index (χ3n) is 1.75. The van der Waals surface area contributed by atoms with E-state index in [1.807, 2.05) is 6.92 Å². The SMILES string of the molecule is CCC(CO)NCC(C)=CC(=O)O. The van der Waals surface area contributed by atoms with Crippen LogP contribution in [0.25, 0.3) is 0 Å². The fourth-order valence-corrected chi connectivity index (χ4v) is 0.905. The van der Waals surface area contributed by atoms with Gasteiger partial charge in [0.1, 0.15) is 0 Å². The van der Waals surface area contributed by atoms with Crippen molar-refractivity contribution in [1.82, 2.24) is 5.32 Å². The highest BCUT2D eigenvalue weighted by Gasteiger charge is 2.02. The van der Waals surface area contributed by atoms with Gasteiger partial charge in [-0.15, -0.1) is 0 Å². The Bertz CT molecular complexity index is 185. The van der Waals surface area contributed by atoms with E-state index < -0.39 is 5.97 Å². The molecule has 0 aromatic rings. The average Bonchev–Trinajstić information content (AvgIpc) is 2.05. The topological polar surface area (TPSA) is 69.6 Å². The molecule has 0 aliphatic heterocycles. The molecule has 0 aliphatic rings. The van der Waals surface area contributed by atoms with Crippen LogP contribution in [-0.2, 0) is 4.79 Å². The van der Waals surface area contributed by atoms with Gasteiger partial charge in [0.05, 0.1) is 6.61 Å². The molecule has 0 spiro atoms. The first kappa shape index (κ1) is 12.1. The van der Waals surface area contributed by atoms with Crippen LogP contribution in [0.3, 0.4) is 0 Å². The Hall–Kier alpha value is -0.870. The summed E-state index contributed by atoms with van der Waals surface area (Å²) in [7, 11) is 0. The Morgan fingerprint density at radius 2 is 2.23 bits per heavy atom. The summed E-state index contributed by atoms with van der Waals surface area (Å²) in [5.41, 5.74) is 0.749. The highest BCUT2D eigenvalue weighted by molar-refractivity contribution is 5.80. The van der Waals surface area contributed by atoms with Gasteiger partial charge in [-0.3, -0.25) is 0 Å². The van der Waals surface area contributed by atoms with Crippen LogP contribution in [0.15, 0.2) is 11.6 Å². The largest absolute Gasteiger partial charge is 0.478 e. The van der Waals surface area contributed by atoms with Crippen molar-refractivity contribution in [3.05, 3.63) is 11.6 Å². The van der Waals surface area contributed by atoms with E-state index in [2.05, 4.69) is 5.32 Å². The lowest BCUT2D eigenvalue weighted by Crippen LogP contribution is -2.33. The van der Waals surface area contributed by atoms with Crippen molar-refractivity contribution in [1.29, 1.82) is 0 Å². The third-order valence-corrected chi connectivity index (χ3v) is 1.75. The number of aliphatic hydroxyl groups is 1. The number of carbonyl (C=O) groups is 1. The lowest BCUT2D eigenvalue weighted by molar-refractivity contribution is -0.131. The summed E-state index contributed by atoms with van der Waals surface area (Å²) in [4.78, 5) is 10.2. The Morgan fingerprint density at radius 1 is 1.62 bits per heavy atom. The fourth-order valence-electron chi connectivity index (χ4n) is 0.905. The van der Waals surface area contributed by atoms with Crippen LogP contribution in [0.1, 0.15) is 20.3 Å². The first-order valence-electron chi connectivity index (χ1n) is 4.34. The maximum atomic E-state index is 10.2. The minimum absolute atomic E-state index is 0.0529. The second-order valence-corrected chi connectivity index (χ2v) is 3.00. The maximum absolute atomic E-state index is 10.2. The number of carboxylic acids is 1. The van der Waals surface area contributed by atoms with Crippen molar-refractivity contribution in [3.8, 4) is 0 Å². The van der Waals surface area contributed by atoms with Crippen LogP contribution < -0.4 is 5.32 Å². The molecule has 76 valence electrons. The number of nitrogens with one attached hydrogen (secondary N) is 1. The summed E-state index contributed by atoms with van der Waals surface area (Å²) in [6.45, 7) is 4.29. The monoisotopic (exact) mass is 187 g/mol. The molecule has 1 atom stereocenters. The second-order valence-electron chi connectivity index (χ2n) is 3.00. The number of hydrogen-bond donors (Lipinski definition) is 3. The number of aliphatic carboxylic acids is 1. The molecule has 0 aliphatic carbocycles. The minimum atomic E-state index is -0.934. The van der Waals surface area contributed by atoms with E-state index in [9.17, 15) is 4.79 Å². The van der Waals surface area contributed by atoms with Crippen LogP contribution in [0.2, 0.25) is 0 Å². The minimum Gasteiger partial charge on any atom is -0.478 e. The molecule has 0 saturated carbocycles. The van der Waals surface area contributed by atoms with Crippen molar-refractivity contribution in [2.24, 2.45) is 0 Å². The Balaban J connectivity index is 3.80. The van der Waals surface area contributed by atoms with Crippen LogP contribution in [0.4, 0.5) is 0 Å². The van der Waals surface area contributed by atoms with Crippen molar-refractivity contribution in [2.45, 2.75) is 26.3 Å². The van der Waals surface area contributed by atoms with Gasteiger partial charge in [-0.25, -0.2) is 4.79 Å². The number of carboxylic acid groups (broad SMARTS) is 1. The number of hydrogen-bond acceptors (Lipinski definition) is 3. The van der Waals surface area contributed by atoms with E-state index >= 15 is 0 Å².